The zero-order valence-corrected chi connectivity index (χ0v) is 13.5. The molecule has 23 heavy (non-hydrogen) atoms. The van der Waals surface area contributed by atoms with Crippen LogP contribution in [-0.4, -0.2) is 43.4 Å². The molecule has 2 rings (SSSR count). The number of likely N-dealkylation sites (tertiary alicyclic amines) is 1. The predicted molar refractivity (Wildman–Crippen MR) is 84.1 cm³/mol. The van der Waals surface area contributed by atoms with Crippen LogP contribution in [0.5, 0.6) is 0 Å². The number of carbonyl (C=O) groups excluding carboxylic acids is 1. The number of carboxylic acids is 1. The van der Waals surface area contributed by atoms with Crippen LogP contribution in [0.3, 0.4) is 0 Å². The van der Waals surface area contributed by atoms with Gasteiger partial charge in [-0.15, -0.1) is 0 Å². The summed E-state index contributed by atoms with van der Waals surface area (Å²) in [4.78, 5) is 24.9. The van der Waals surface area contributed by atoms with Gasteiger partial charge in [0.15, 0.2) is 0 Å². The number of amides is 1. The van der Waals surface area contributed by atoms with Gasteiger partial charge in [-0.25, -0.2) is 13.6 Å². The fourth-order valence-electron chi connectivity index (χ4n) is 2.80. The Hall–Kier alpha value is -1.93. The first kappa shape index (κ1) is 17.4. The van der Waals surface area contributed by atoms with Gasteiger partial charge in [0, 0.05) is 25.1 Å². The third kappa shape index (κ3) is 5.33. The van der Waals surface area contributed by atoms with Crippen molar-refractivity contribution in [1.29, 1.82) is 0 Å². The summed E-state index contributed by atoms with van der Waals surface area (Å²) in [6.07, 6.45) is 1.45. The minimum Gasteiger partial charge on any atom is -0.481 e. The Morgan fingerprint density at radius 1 is 1.26 bits per heavy atom. The maximum atomic E-state index is 12.5. The normalized spacial score (nSPS) is 16.3. The highest BCUT2D eigenvalue weighted by Crippen LogP contribution is 2.22. The van der Waals surface area contributed by atoms with Crippen LogP contribution in [0.4, 0.5) is 0 Å². The first-order valence-electron chi connectivity index (χ1n) is 7.35. The van der Waals surface area contributed by atoms with Crippen molar-refractivity contribution in [2.75, 3.05) is 13.1 Å². The summed E-state index contributed by atoms with van der Waals surface area (Å²) in [5.74, 6) is -1.19. The smallest absolute Gasteiger partial charge is 0.303 e. The fourth-order valence-corrected chi connectivity index (χ4v) is 3.44. The Morgan fingerprint density at radius 3 is 2.48 bits per heavy atom. The summed E-state index contributed by atoms with van der Waals surface area (Å²) in [5.41, 5.74) is 0.891. The standard InChI is InChI=1S/C15H20N2O5S/c16-23(21,22)10-12-2-1-3-13(8-12)15(20)17-6-4-11(5-7-17)9-14(18)19/h1-3,8,11H,4-7,9-10H2,(H,18,19)(H2,16,21,22). The summed E-state index contributed by atoms with van der Waals surface area (Å²) in [7, 11) is -3.64. The van der Waals surface area contributed by atoms with Crippen molar-refractivity contribution in [3.05, 3.63) is 35.4 Å². The van der Waals surface area contributed by atoms with Gasteiger partial charge < -0.3 is 10.0 Å². The van der Waals surface area contributed by atoms with Crippen molar-refractivity contribution in [3.8, 4) is 0 Å². The Bertz CT molecular complexity index is 694. The lowest BCUT2D eigenvalue weighted by molar-refractivity contribution is -0.138. The molecule has 0 radical (unpaired) electrons. The monoisotopic (exact) mass is 340 g/mol. The van der Waals surface area contributed by atoms with Gasteiger partial charge in [-0.2, -0.15) is 0 Å². The van der Waals surface area contributed by atoms with E-state index in [9.17, 15) is 18.0 Å². The molecule has 0 spiro atoms. The molecule has 1 saturated heterocycles. The van der Waals surface area contributed by atoms with Crippen molar-refractivity contribution in [1.82, 2.24) is 4.90 Å². The minimum absolute atomic E-state index is 0.102. The summed E-state index contributed by atoms with van der Waals surface area (Å²) >= 11 is 0. The van der Waals surface area contributed by atoms with Crippen LogP contribution in [0.1, 0.15) is 35.2 Å². The molecular formula is C15H20N2O5S. The van der Waals surface area contributed by atoms with Gasteiger partial charge in [-0.05, 0) is 36.5 Å². The van der Waals surface area contributed by atoms with Gasteiger partial charge in [0.2, 0.25) is 10.0 Å². The van der Waals surface area contributed by atoms with E-state index in [-0.39, 0.29) is 24.0 Å². The average molecular weight is 340 g/mol. The van der Waals surface area contributed by atoms with Crippen LogP contribution in [0.25, 0.3) is 0 Å². The van der Waals surface area contributed by atoms with E-state index in [1.54, 1.807) is 23.1 Å². The second-order valence-corrected chi connectivity index (χ2v) is 7.46. The number of aliphatic carboxylic acids is 1. The average Bonchev–Trinajstić information content (AvgIpc) is 2.45. The van der Waals surface area contributed by atoms with E-state index in [1.807, 2.05) is 0 Å². The molecule has 1 aliphatic heterocycles. The van der Waals surface area contributed by atoms with Crippen molar-refractivity contribution in [2.24, 2.45) is 11.1 Å². The molecule has 1 fully saturated rings. The van der Waals surface area contributed by atoms with E-state index in [0.717, 1.165) is 0 Å². The third-order valence-electron chi connectivity index (χ3n) is 3.91. The maximum absolute atomic E-state index is 12.5. The van der Waals surface area contributed by atoms with E-state index in [2.05, 4.69) is 0 Å². The number of primary sulfonamides is 1. The van der Waals surface area contributed by atoms with Crippen LogP contribution >= 0.6 is 0 Å². The zero-order chi connectivity index (χ0) is 17.0. The minimum atomic E-state index is -3.64. The number of nitrogens with zero attached hydrogens (tertiary/aromatic N) is 1. The van der Waals surface area contributed by atoms with E-state index >= 15 is 0 Å². The molecule has 0 saturated carbocycles. The van der Waals surface area contributed by atoms with Gasteiger partial charge in [0.1, 0.15) is 0 Å². The molecule has 1 aromatic rings. The first-order chi connectivity index (χ1) is 10.7. The fraction of sp³-hybridized carbons (Fsp3) is 0.467. The molecule has 0 bridgehead atoms. The highest BCUT2D eigenvalue weighted by molar-refractivity contribution is 7.88. The van der Waals surface area contributed by atoms with Gasteiger partial charge >= 0.3 is 5.97 Å². The summed E-state index contributed by atoms with van der Waals surface area (Å²) < 4.78 is 22.3. The van der Waals surface area contributed by atoms with Gasteiger partial charge in [0.25, 0.3) is 5.91 Å². The van der Waals surface area contributed by atoms with E-state index in [4.69, 9.17) is 10.2 Å². The molecule has 8 heteroatoms. The zero-order valence-electron chi connectivity index (χ0n) is 12.6. The molecule has 1 aliphatic rings. The molecule has 3 N–H and O–H groups in total. The number of carbonyl (C=O) groups is 2. The quantitative estimate of drug-likeness (QED) is 0.822. The summed E-state index contributed by atoms with van der Waals surface area (Å²) in [6, 6.07) is 6.42. The van der Waals surface area contributed by atoms with Gasteiger partial charge in [-0.1, -0.05) is 12.1 Å². The number of benzene rings is 1. The number of carboxylic acid groups (broad SMARTS) is 1. The molecule has 0 atom stereocenters. The Labute approximate surface area is 135 Å². The highest BCUT2D eigenvalue weighted by atomic mass is 32.2. The lowest BCUT2D eigenvalue weighted by atomic mass is 9.93. The Kier molecular flexibility index (Phi) is 5.38. The van der Waals surface area contributed by atoms with Crippen LogP contribution in [0.2, 0.25) is 0 Å². The topological polar surface area (TPSA) is 118 Å². The maximum Gasteiger partial charge on any atom is 0.303 e. The molecule has 1 aromatic carbocycles. The number of nitrogens with two attached hydrogens (primary N) is 1. The van der Waals surface area contributed by atoms with Crippen molar-refractivity contribution < 1.29 is 23.1 Å². The number of hydrogen-bond acceptors (Lipinski definition) is 4. The second-order valence-electron chi connectivity index (χ2n) is 5.84. The molecule has 7 nitrogen and oxygen atoms in total. The Morgan fingerprint density at radius 2 is 1.91 bits per heavy atom. The van der Waals surface area contributed by atoms with Crippen LogP contribution in [0, 0.1) is 5.92 Å². The largest absolute Gasteiger partial charge is 0.481 e. The molecule has 1 heterocycles. The molecule has 1 amide bonds. The molecule has 0 unspecified atom stereocenters. The first-order valence-corrected chi connectivity index (χ1v) is 9.06. The van der Waals surface area contributed by atoms with Crippen LogP contribution in [0.15, 0.2) is 24.3 Å². The van der Waals surface area contributed by atoms with E-state index < -0.39 is 16.0 Å². The highest BCUT2D eigenvalue weighted by Gasteiger charge is 2.25. The van der Waals surface area contributed by atoms with Gasteiger partial charge in [-0.3, -0.25) is 9.59 Å². The SMILES string of the molecule is NS(=O)(=O)Cc1cccc(C(=O)N2CCC(CC(=O)O)CC2)c1. The summed E-state index contributed by atoms with van der Waals surface area (Å²) in [5, 5.41) is 13.8. The molecule has 126 valence electrons. The second kappa shape index (κ2) is 7.10. The van der Waals surface area contributed by atoms with Crippen molar-refractivity contribution >= 4 is 21.9 Å². The van der Waals surface area contributed by atoms with E-state index in [0.29, 0.717) is 37.1 Å². The molecule has 0 aliphatic carbocycles. The number of rotatable bonds is 5. The number of hydrogen-bond donors (Lipinski definition) is 2. The molecule has 0 aromatic heterocycles. The van der Waals surface area contributed by atoms with Crippen LogP contribution < -0.4 is 5.14 Å². The van der Waals surface area contributed by atoms with Crippen molar-refractivity contribution in [2.45, 2.75) is 25.0 Å². The molecular weight excluding hydrogens is 320 g/mol. The third-order valence-corrected chi connectivity index (χ3v) is 4.64. The van der Waals surface area contributed by atoms with Crippen LogP contribution in [-0.2, 0) is 20.6 Å². The number of piperidine rings is 1. The lowest BCUT2D eigenvalue weighted by Gasteiger charge is -2.31. The number of sulfonamides is 1. The van der Waals surface area contributed by atoms with Gasteiger partial charge in [0.05, 0.1) is 5.75 Å². The lowest BCUT2D eigenvalue weighted by Crippen LogP contribution is -2.38. The predicted octanol–water partition coefficient (Wildman–Crippen LogP) is 0.802. The van der Waals surface area contributed by atoms with Crippen molar-refractivity contribution in [3.63, 3.8) is 0 Å². The summed E-state index contributed by atoms with van der Waals surface area (Å²) in [6.45, 7) is 1.02. The Balaban J connectivity index is 2.01. The van der Waals surface area contributed by atoms with E-state index in [1.165, 1.54) is 6.07 Å².